The minimum Gasteiger partial charge on any atom is -0.462 e. The summed E-state index contributed by atoms with van der Waals surface area (Å²) < 4.78 is 31.1. The predicted octanol–water partition coefficient (Wildman–Crippen LogP) is 2.24. The van der Waals surface area contributed by atoms with E-state index in [0.717, 1.165) is 23.9 Å². The molecule has 0 fully saturated rings. The van der Waals surface area contributed by atoms with Gasteiger partial charge in [0, 0.05) is 12.3 Å². The van der Waals surface area contributed by atoms with E-state index >= 15 is 0 Å². The number of nitrogens with one attached hydrogen (secondary N) is 1. The van der Waals surface area contributed by atoms with Crippen LogP contribution in [0.1, 0.15) is 17.3 Å². The minimum atomic E-state index is -0.877. The maximum absolute atomic E-state index is 13.5. The number of thioether (sulfide) groups is 1. The van der Waals surface area contributed by atoms with Crippen LogP contribution >= 0.6 is 11.8 Å². The molecule has 0 aliphatic heterocycles. The second-order valence-electron chi connectivity index (χ2n) is 4.63. The van der Waals surface area contributed by atoms with Crippen molar-refractivity contribution in [2.24, 2.45) is 0 Å². The molecular formula is C15H14F2N4O3S. The molecule has 0 bridgehead atoms. The molecule has 1 heterocycles. The van der Waals surface area contributed by atoms with E-state index in [0.29, 0.717) is 6.07 Å². The van der Waals surface area contributed by atoms with Crippen molar-refractivity contribution in [1.29, 1.82) is 0 Å². The fourth-order valence-electron chi connectivity index (χ4n) is 1.72. The largest absolute Gasteiger partial charge is 0.462 e. The number of hydrogen-bond acceptors (Lipinski definition) is 7. The summed E-state index contributed by atoms with van der Waals surface area (Å²) in [5.74, 6) is -2.99. The SMILES string of the molecule is CCOC(=O)c1cnc(SCC(=O)Nc2ccc(F)cc2F)nc1N. The standard InChI is InChI=1S/C15H14F2N4O3S/c1-2-24-14(23)9-6-19-15(21-13(9)18)25-7-12(22)20-11-4-3-8(16)5-10(11)17/h3-6H,2,7H2,1H3,(H,20,22)(H2,18,19,21). The third-order valence-corrected chi connectivity index (χ3v) is 3.69. The number of nitrogen functional groups attached to an aromatic ring is 1. The summed E-state index contributed by atoms with van der Waals surface area (Å²) >= 11 is 0.942. The van der Waals surface area contributed by atoms with Crippen molar-refractivity contribution in [2.45, 2.75) is 12.1 Å². The molecule has 0 spiro atoms. The molecule has 0 atom stereocenters. The minimum absolute atomic E-state index is 0.0315. The van der Waals surface area contributed by atoms with Crippen molar-refractivity contribution in [3.63, 3.8) is 0 Å². The molecule has 25 heavy (non-hydrogen) atoms. The highest BCUT2D eigenvalue weighted by molar-refractivity contribution is 7.99. The first-order chi connectivity index (χ1) is 11.9. The van der Waals surface area contributed by atoms with E-state index in [2.05, 4.69) is 15.3 Å². The molecule has 1 aromatic carbocycles. The number of nitrogens with zero attached hydrogens (tertiary/aromatic N) is 2. The topological polar surface area (TPSA) is 107 Å². The summed E-state index contributed by atoms with van der Waals surface area (Å²) in [5.41, 5.74) is 5.56. The van der Waals surface area contributed by atoms with Gasteiger partial charge in [-0.25, -0.2) is 23.5 Å². The van der Waals surface area contributed by atoms with Gasteiger partial charge in [0.05, 0.1) is 18.0 Å². The third kappa shape index (κ3) is 5.11. The van der Waals surface area contributed by atoms with Crippen molar-refractivity contribution in [2.75, 3.05) is 23.4 Å². The van der Waals surface area contributed by atoms with Crippen LogP contribution < -0.4 is 11.1 Å². The Labute approximate surface area is 146 Å². The molecule has 0 aliphatic carbocycles. The second kappa shape index (κ2) is 8.38. The number of hydrogen-bond donors (Lipinski definition) is 2. The number of amides is 1. The van der Waals surface area contributed by atoms with E-state index in [9.17, 15) is 18.4 Å². The van der Waals surface area contributed by atoms with Crippen LogP contribution in [0.3, 0.4) is 0 Å². The van der Waals surface area contributed by atoms with Gasteiger partial charge in [-0.1, -0.05) is 11.8 Å². The van der Waals surface area contributed by atoms with Crippen molar-refractivity contribution in [3.8, 4) is 0 Å². The van der Waals surface area contributed by atoms with E-state index in [1.807, 2.05) is 0 Å². The molecule has 2 rings (SSSR count). The van der Waals surface area contributed by atoms with E-state index < -0.39 is 23.5 Å². The predicted molar refractivity (Wildman–Crippen MR) is 88.1 cm³/mol. The molecule has 132 valence electrons. The molecule has 0 aliphatic rings. The molecule has 1 aromatic heterocycles. The molecule has 10 heteroatoms. The number of rotatable bonds is 6. The lowest BCUT2D eigenvalue weighted by Gasteiger charge is -2.07. The summed E-state index contributed by atoms with van der Waals surface area (Å²) in [5, 5.41) is 2.47. The number of ether oxygens (including phenoxy) is 1. The third-order valence-electron chi connectivity index (χ3n) is 2.83. The van der Waals surface area contributed by atoms with Crippen LogP contribution in [0.15, 0.2) is 29.6 Å². The molecule has 0 radical (unpaired) electrons. The Hall–Kier alpha value is -2.75. The zero-order valence-corrected chi connectivity index (χ0v) is 13.9. The number of halogens is 2. The monoisotopic (exact) mass is 368 g/mol. The van der Waals surface area contributed by atoms with Crippen LogP contribution in [0, 0.1) is 11.6 Å². The number of carbonyl (C=O) groups is 2. The highest BCUT2D eigenvalue weighted by Crippen LogP contribution is 2.19. The van der Waals surface area contributed by atoms with Crippen molar-refractivity contribution in [3.05, 3.63) is 41.6 Å². The van der Waals surface area contributed by atoms with Crippen LogP contribution in [0.4, 0.5) is 20.3 Å². The zero-order chi connectivity index (χ0) is 18.4. The maximum atomic E-state index is 13.5. The van der Waals surface area contributed by atoms with Gasteiger partial charge in [-0.3, -0.25) is 4.79 Å². The van der Waals surface area contributed by atoms with Gasteiger partial charge in [0.2, 0.25) is 5.91 Å². The summed E-state index contributed by atoms with van der Waals surface area (Å²) in [4.78, 5) is 31.2. The Balaban J connectivity index is 1.95. The Morgan fingerprint density at radius 2 is 2.12 bits per heavy atom. The molecule has 7 nitrogen and oxygen atoms in total. The number of benzene rings is 1. The molecule has 0 unspecified atom stereocenters. The van der Waals surface area contributed by atoms with E-state index in [1.54, 1.807) is 6.92 Å². The van der Waals surface area contributed by atoms with Gasteiger partial charge in [-0.05, 0) is 19.1 Å². The number of esters is 1. The lowest BCUT2D eigenvalue weighted by molar-refractivity contribution is -0.113. The average Bonchev–Trinajstić information content (AvgIpc) is 2.56. The Kier molecular flexibility index (Phi) is 6.23. The first kappa shape index (κ1) is 18.6. The van der Waals surface area contributed by atoms with Gasteiger partial charge < -0.3 is 15.8 Å². The summed E-state index contributed by atoms with van der Waals surface area (Å²) in [6.07, 6.45) is 1.21. The lowest BCUT2D eigenvalue weighted by Crippen LogP contribution is -2.16. The normalized spacial score (nSPS) is 10.4. The van der Waals surface area contributed by atoms with E-state index in [4.69, 9.17) is 10.5 Å². The molecule has 2 aromatic rings. The quantitative estimate of drug-likeness (QED) is 0.457. The van der Waals surface area contributed by atoms with Crippen LogP contribution in [-0.4, -0.2) is 34.2 Å². The van der Waals surface area contributed by atoms with Crippen LogP contribution in [-0.2, 0) is 9.53 Å². The van der Waals surface area contributed by atoms with Crippen LogP contribution in [0.2, 0.25) is 0 Å². The first-order valence-corrected chi connectivity index (χ1v) is 8.06. The number of nitrogens with two attached hydrogens (primary N) is 1. The van der Waals surface area contributed by atoms with Gasteiger partial charge in [-0.2, -0.15) is 0 Å². The van der Waals surface area contributed by atoms with Crippen LogP contribution in [0.5, 0.6) is 0 Å². The van der Waals surface area contributed by atoms with Crippen LogP contribution in [0.25, 0.3) is 0 Å². The highest BCUT2D eigenvalue weighted by atomic mass is 32.2. The second-order valence-corrected chi connectivity index (χ2v) is 5.58. The van der Waals surface area contributed by atoms with Gasteiger partial charge in [0.1, 0.15) is 23.0 Å². The Morgan fingerprint density at radius 3 is 2.76 bits per heavy atom. The number of aromatic nitrogens is 2. The van der Waals surface area contributed by atoms with Crippen molar-refractivity contribution in [1.82, 2.24) is 9.97 Å². The summed E-state index contributed by atoms with van der Waals surface area (Å²) in [7, 11) is 0. The maximum Gasteiger partial charge on any atom is 0.343 e. The molecule has 3 N–H and O–H groups in total. The highest BCUT2D eigenvalue weighted by Gasteiger charge is 2.15. The molecule has 0 saturated carbocycles. The Bertz CT molecular complexity index is 804. The molecule has 0 saturated heterocycles. The fraction of sp³-hybridized carbons (Fsp3) is 0.200. The lowest BCUT2D eigenvalue weighted by atomic mass is 10.3. The van der Waals surface area contributed by atoms with Gasteiger partial charge in [-0.15, -0.1) is 0 Å². The molecule has 1 amide bonds. The van der Waals surface area contributed by atoms with Gasteiger partial charge in [0.15, 0.2) is 5.16 Å². The fourth-order valence-corrected chi connectivity index (χ4v) is 2.34. The molecular weight excluding hydrogens is 354 g/mol. The van der Waals surface area contributed by atoms with Crippen molar-refractivity contribution >= 4 is 35.1 Å². The number of carbonyl (C=O) groups excluding carboxylic acids is 2. The van der Waals surface area contributed by atoms with E-state index in [-0.39, 0.29) is 34.6 Å². The Morgan fingerprint density at radius 1 is 1.36 bits per heavy atom. The van der Waals surface area contributed by atoms with Gasteiger partial charge >= 0.3 is 5.97 Å². The average molecular weight is 368 g/mol. The van der Waals surface area contributed by atoms with E-state index in [1.165, 1.54) is 6.20 Å². The smallest absolute Gasteiger partial charge is 0.343 e. The summed E-state index contributed by atoms with van der Waals surface area (Å²) in [6, 6.07) is 2.82. The van der Waals surface area contributed by atoms with Gasteiger partial charge in [0.25, 0.3) is 0 Å². The number of anilines is 2. The first-order valence-electron chi connectivity index (χ1n) is 7.08. The summed E-state index contributed by atoms with van der Waals surface area (Å²) in [6.45, 7) is 1.84. The zero-order valence-electron chi connectivity index (χ0n) is 13.1. The van der Waals surface area contributed by atoms with Crippen molar-refractivity contribution < 1.29 is 23.1 Å².